The Morgan fingerprint density at radius 3 is 2.15 bits per heavy atom. The quantitative estimate of drug-likeness (QED) is 0.172. The summed E-state index contributed by atoms with van der Waals surface area (Å²) in [6, 6.07) is 16.5. The Hall–Kier alpha value is -4.10. The van der Waals surface area contributed by atoms with Crippen LogP contribution in [0.5, 0.6) is 11.5 Å². The van der Waals surface area contributed by atoms with Crippen LogP contribution in [-0.2, 0) is 0 Å². The first kappa shape index (κ1) is 23.6. The van der Waals surface area contributed by atoms with E-state index in [0.717, 1.165) is 6.07 Å². The average molecular weight is 444 g/mol. The smallest absolute Gasteiger partial charge is 0.193 e. The minimum Gasteiger partial charge on any atom is -0.504 e. The zero-order valence-electron chi connectivity index (χ0n) is 18.3. The van der Waals surface area contributed by atoms with Gasteiger partial charge in [0.25, 0.3) is 0 Å². The third-order valence-corrected chi connectivity index (χ3v) is 5.07. The molecule has 3 aromatic carbocycles. The summed E-state index contributed by atoms with van der Waals surface area (Å²) in [5, 5.41) is 39.2. The van der Waals surface area contributed by atoms with E-state index in [1.165, 1.54) is 6.92 Å². The van der Waals surface area contributed by atoms with E-state index in [4.69, 9.17) is 0 Å². The lowest BCUT2D eigenvalue weighted by Crippen LogP contribution is -2.09. The van der Waals surface area contributed by atoms with Crippen molar-refractivity contribution >= 4 is 22.9 Å². The van der Waals surface area contributed by atoms with E-state index in [0.29, 0.717) is 16.8 Å². The number of allylic oxidation sites excluding steroid dienone is 1. The van der Waals surface area contributed by atoms with E-state index in [-0.39, 0.29) is 34.6 Å². The molecule has 1 unspecified atom stereocenters. The molecular formula is C26H24N2O5. The topological polar surface area (TPSA) is 120 Å². The van der Waals surface area contributed by atoms with Crippen molar-refractivity contribution in [2.24, 2.45) is 10.2 Å². The monoisotopic (exact) mass is 444 g/mol. The van der Waals surface area contributed by atoms with Gasteiger partial charge in [-0.1, -0.05) is 43.8 Å². The van der Waals surface area contributed by atoms with Gasteiger partial charge < -0.3 is 15.3 Å². The summed E-state index contributed by atoms with van der Waals surface area (Å²) in [5.74, 6) is -1.96. The number of aromatic hydroxyl groups is 2. The SMILES string of the molecule is C=C(C)C(=O)c1c(O)c(O)cc(N=Nc2ccc(C(=O)c3ccccc3)cc2)c1C(O)CC. The molecule has 0 radical (unpaired) electrons. The minimum atomic E-state index is -1.13. The molecule has 0 amide bonds. The molecule has 3 rings (SSSR count). The zero-order valence-corrected chi connectivity index (χ0v) is 18.3. The molecule has 0 aliphatic heterocycles. The molecule has 0 aromatic heterocycles. The summed E-state index contributed by atoms with van der Waals surface area (Å²) in [4.78, 5) is 25.2. The predicted molar refractivity (Wildman–Crippen MR) is 125 cm³/mol. The molecular weight excluding hydrogens is 420 g/mol. The first-order valence-corrected chi connectivity index (χ1v) is 10.3. The first-order valence-electron chi connectivity index (χ1n) is 10.3. The van der Waals surface area contributed by atoms with Gasteiger partial charge in [0.2, 0.25) is 0 Å². The average Bonchev–Trinajstić information content (AvgIpc) is 2.83. The van der Waals surface area contributed by atoms with Gasteiger partial charge in [-0.25, -0.2) is 0 Å². The zero-order chi connectivity index (χ0) is 24.1. The Labute approximate surface area is 191 Å². The number of hydrogen-bond acceptors (Lipinski definition) is 7. The summed E-state index contributed by atoms with van der Waals surface area (Å²) >= 11 is 0. The maximum Gasteiger partial charge on any atom is 0.193 e. The second-order valence-corrected chi connectivity index (χ2v) is 7.53. The van der Waals surface area contributed by atoms with Crippen LogP contribution in [0.15, 0.2) is 83.0 Å². The minimum absolute atomic E-state index is 0.0358. The first-order chi connectivity index (χ1) is 15.7. The Morgan fingerprint density at radius 2 is 1.58 bits per heavy atom. The molecule has 3 aromatic rings. The molecule has 0 aliphatic carbocycles. The van der Waals surface area contributed by atoms with Crippen LogP contribution in [0, 0.1) is 0 Å². The second kappa shape index (κ2) is 10.0. The van der Waals surface area contributed by atoms with Gasteiger partial charge in [0.15, 0.2) is 23.1 Å². The molecule has 33 heavy (non-hydrogen) atoms. The molecule has 0 fully saturated rings. The van der Waals surface area contributed by atoms with Crippen molar-refractivity contribution in [3.05, 3.63) is 95.1 Å². The van der Waals surface area contributed by atoms with E-state index < -0.39 is 23.4 Å². The number of carbonyl (C=O) groups excluding carboxylic acids is 2. The van der Waals surface area contributed by atoms with Crippen molar-refractivity contribution in [3.63, 3.8) is 0 Å². The molecule has 0 spiro atoms. The standard InChI is InChI=1S/C26H24N2O5/c1-4-20(29)22-19(14-21(30)26(33)23(22)24(31)15(2)3)28-27-18-12-10-17(11-13-18)25(32)16-8-6-5-7-9-16/h5-14,20,29-30,33H,2,4H2,1,3H3. The summed E-state index contributed by atoms with van der Waals surface area (Å²) in [7, 11) is 0. The van der Waals surface area contributed by atoms with E-state index in [2.05, 4.69) is 16.8 Å². The fraction of sp³-hybridized carbons (Fsp3) is 0.154. The fourth-order valence-corrected chi connectivity index (χ4v) is 3.27. The van der Waals surface area contributed by atoms with Crippen LogP contribution in [-0.4, -0.2) is 26.9 Å². The number of benzene rings is 3. The Balaban J connectivity index is 1.99. The van der Waals surface area contributed by atoms with Gasteiger partial charge in [0.05, 0.1) is 23.0 Å². The molecule has 0 saturated heterocycles. The largest absolute Gasteiger partial charge is 0.504 e. The third-order valence-electron chi connectivity index (χ3n) is 5.07. The molecule has 3 N–H and O–H groups in total. The number of hydrogen-bond donors (Lipinski definition) is 3. The third kappa shape index (κ3) is 5.05. The van der Waals surface area contributed by atoms with Crippen LogP contribution in [0.4, 0.5) is 11.4 Å². The van der Waals surface area contributed by atoms with Crippen LogP contribution in [0.3, 0.4) is 0 Å². The number of aliphatic hydroxyl groups excluding tert-OH is 1. The molecule has 0 saturated carbocycles. The van der Waals surface area contributed by atoms with E-state index in [9.17, 15) is 24.9 Å². The van der Waals surface area contributed by atoms with Gasteiger partial charge >= 0.3 is 0 Å². The highest BCUT2D eigenvalue weighted by molar-refractivity contribution is 6.12. The van der Waals surface area contributed by atoms with E-state index in [1.807, 2.05) is 6.07 Å². The lowest BCUT2D eigenvalue weighted by molar-refractivity contribution is 0.102. The number of Topliss-reactive ketones (excluding diaryl/α,β-unsaturated/α-hetero) is 1. The van der Waals surface area contributed by atoms with Gasteiger partial charge in [-0.3, -0.25) is 9.59 Å². The van der Waals surface area contributed by atoms with Crippen LogP contribution in [0.1, 0.15) is 58.2 Å². The molecule has 168 valence electrons. The van der Waals surface area contributed by atoms with Gasteiger partial charge in [0.1, 0.15) is 0 Å². The van der Waals surface area contributed by atoms with Crippen molar-refractivity contribution in [3.8, 4) is 11.5 Å². The van der Waals surface area contributed by atoms with Gasteiger partial charge in [-0.15, -0.1) is 0 Å². The fourth-order valence-electron chi connectivity index (χ4n) is 3.27. The number of phenolic OH excluding ortho intramolecular Hbond substituents is 2. The maximum absolute atomic E-state index is 12.6. The summed E-state index contributed by atoms with van der Waals surface area (Å²) in [6.07, 6.45) is -0.894. The highest BCUT2D eigenvalue weighted by Gasteiger charge is 2.27. The van der Waals surface area contributed by atoms with Crippen LogP contribution < -0.4 is 0 Å². The molecule has 0 heterocycles. The number of azo groups is 1. The number of phenols is 2. The Bertz CT molecular complexity index is 1230. The van der Waals surface area contributed by atoms with Gasteiger partial charge in [0, 0.05) is 22.8 Å². The number of nitrogens with zero attached hydrogens (tertiary/aromatic N) is 2. The van der Waals surface area contributed by atoms with Gasteiger partial charge in [-0.05, 0) is 43.2 Å². The molecule has 0 bridgehead atoms. The molecule has 1 atom stereocenters. The Morgan fingerprint density at radius 1 is 0.970 bits per heavy atom. The summed E-state index contributed by atoms with van der Waals surface area (Å²) in [5.41, 5.74) is 1.43. The van der Waals surface area contributed by atoms with Crippen molar-refractivity contribution in [1.82, 2.24) is 0 Å². The van der Waals surface area contributed by atoms with Crippen LogP contribution >= 0.6 is 0 Å². The summed E-state index contributed by atoms with van der Waals surface area (Å²) in [6.45, 7) is 6.76. The number of carbonyl (C=O) groups is 2. The summed E-state index contributed by atoms with van der Waals surface area (Å²) < 4.78 is 0. The molecule has 7 nitrogen and oxygen atoms in total. The lowest BCUT2D eigenvalue weighted by Gasteiger charge is -2.18. The number of aliphatic hydroxyl groups is 1. The second-order valence-electron chi connectivity index (χ2n) is 7.53. The van der Waals surface area contributed by atoms with Gasteiger partial charge in [-0.2, -0.15) is 10.2 Å². The van der Waals surface area contributed by atoms with E-state index >= 15 is 0 Å². The highest BCUT2D eigenvalue weighted by Crippen LogP contribution is 2.43. The molecule has 7 heteroatoms. The van der Waals surface area contributed by atoms with Crippen molar-refractivity contribution in [1.29, 1.82) is 0 Å². The van der Waals surface area contributed by atoms with Crippen molar-refractivity contribution in [2.45, 2.75) is 26.4 Å². The molecule has 0 aliphatic rings. The number of ketones is 2. The maximum atomic E-state index is 12.6. The normalized spacial score (nSPS) is 12.0. The lowest BCUT2D eigenvalue weighted by atomic mass is 9.92. The van der Waals surface area contributed by atoms with Crippen molar-refractivity contribution in [2.75, 3.05) is 0 Å². The van der Waals surface area contributed by atoms with E-state index in [1.54, 1.807) is 55.5 Å². The van der Waals surface area contributed by atoms with Crippen LogP contribution in [0.25, 0.3) is 0 Å². The number of rotatable bonds is 8. The highest BCUT2D eigenvalue weighted by atomic mass is 16.3. The Kier molecular flexibility index (Phi) is 7.15. The predicted octanol–water partition coefficient (Wildman–Crippen LogP) is 5.95. The van der Waals surface area contributed by atoms with Crippen LogP contribution in [0.2, 0.25) is 0 Å². The van der Waals surface area contributed by atoms with Crippen molar-refractivity contribution < 1.29 is 24.9 Å².